The molecule has 1 aromatic rings. The van der Waals surface area contributed by atoms with Gasteiger partial charge in [-0.25, -0.2) is 0 Å². The molecule has 0 aliphatic carbocycles. The predicted octanol–water partition coefficient (Wildman–Crippen LogP) is 1.79. The van der Waals surface area contributed by atoms with Crippen LogP contribution in [0.25, 0.3) is 0 Å². The van der Waals surface area contributed by atoms with Gasteiger partial charge in [0.2, 0.25) is 0 Å². The minimum Gasteiger partial charge on any atom is -0.493 e. The third-order valence-corrected chi connectivity index (χ3v) is 1.28. The number of nitro benzene ring substituents is 1. The molecule has 0 aromatic heterocycles. The largest absolute Gasteiger partial charge is 0.493 e. The van der Waals surface area contributed by atoms with E-state index in [2.05, 4.69) is 6.07 Å². The Bertz CT molecular complexity index is 268. The number of benzene rings is 1. The van der Waals surface area contributed by atoms with Gasteiger partial charge in [-0.05, 0) is 13.0 Å². The van der Waals surface area contributed by atoms with Crippen LogP contribution in [0, 0.1) is 16.2 Å². The first-order valence-electron chi connectivity index (χ1n) is 3.53. The topological polar surface area (TPSA) is 52.4 Å². The van der Waals surface area contributed by atoms with Gasteiger partial charge in [0.15, 0.2) is 0 Å². The molecule has 0 aliphatic rings. The van der Waals surface area contributed by atoms with Crippen LogP contribution in [-0.4, -0.2) is 11.5 Å². The Kier molecular flexibility index (Phi) is 2.63. The van der Waals surface area contributed by atoms with E-state index in [1.165, 1.54) is 18.2 Å². The smallest absolute Gasteiger partial charge is 0.270 e. The van der Waals surface area contributed by atoms with Crippen molar-refractivity contribution in [1.82, 2.24) is 0 Å². The summed E-state index contributed by atoms with van der Waals surface area (Å²) < 4.78 is 5.06. The molecular formula is C8H8NO3. The molecular weight excluding hydrogens is 158 g/mol. The van der Waals surface area contributed by atoms with Crippen molar-refractivity contribution in [3.8, 4) is 5.75 Å². The second-order valence-corrected chi connectivity index (χ2v) is 2.10. The van der Waals surface area contributed by atoms with Gasteiger partial charge in [-0.2, -0.15) is 0 Å². The van der Waals surface area contributed by atoms with Crippen molar-refractivity contribution in [3.63, 3.8) is 0 Å². The Labute approximate surface area is 69.9 Å². The number of ether oxygens (including phenoxy) is 1. The molecule has 0 aliphatic heterocycles. The van der Waals surface area contributed by atoms with Crippen LogP contribution in [0.5, 0.6) is 5.75 Å². The monoisotopic (exact) mass is 166 g/mol. The summed E-state index contributed by atoms with van der Waals surface area (Å²) in [6, 6.07) is 6.87. The lowest BCUT2D eigenvalue weighted by Gasteiger charge is -1.99. The molecule has 4 nitrogen and oxygen atoms in total. The maximum Gasteiger partial charge on any atom is 0.270 e. The third kappa shape index (κ3) is 1.95. The molecule has 63 valence electrons. The maximum absolute atomic E-state index is 10.2. The SMILES string of the molecule is CCOc1[c]cc([N+](=O)[O-])cc1. The molecule has 0 N–H and O–H groups in total. The zero-order valence-electron chi connectivity index (χ0n) is 6.61. The minimum absolute atomic E-state index is 0.0263. The zero-order valence-corrected chi connectivity index (χ0v) is 6.61. The molecule has 4 heteroatoms. The van der Waals surface area contributed by atoms with Gasteiger partial charge in [0.1, 0.15) is 5.75 Å². The van der Waals surface area contributed by atoms with Crippen molar-refractivity contribution in [2.24, 2.45) is 0 Å². The van der Waals surface area contributed by atoms with Crippen molar-refractivity contribution < 1.29 is 9.66 Å². The molecule has 1 aromatic carbocycles. The van der Waals surface area contributed by atoms with Crippen molar-refractivity contribution in [2.75, 3.05) is 6.61 Å². The van der Waals surface area contributed by atoms with E-state index in [0.29, 0.717) is 12.4 Å². The zero-order chi connectivity index (χ0) is 8.97. The number of hydrogen-bond donors (Lipinski definition) is 0. The Morgan fingerprint density at radius 3 is 2.83 bits per heavy atom. The molecule has 1 radical (unpaired) electrons. The summed E-state index contributed by atoms with van der Waals surface area (Å²) >= 11 is 0. The van der Waals surface area contributed by atoms with Crippen LogP contribution in [0.3, 0.4) is 0 Å². The highest BCUT2D eigenvalue weighted by Crippen LogP contribution is 2.15. The van der Waals surface area contributed by atoms with Crippen molar-refractivity contribution >= 4 is 5.69 Å². The Hall–Kier alpha value is -1.58. The first-order chi connectivity index (χ1) is 5.74. The first-order valence-corrected chi connectivity index (χ1v) is 3.53. The van der Waals surface area contributed by atoms with Crippen LogP contribution < -0.4 is 4.74 Å². The molecule has 0 fully saturated rings. The number of rotatable bonds is 3. The minimum atomic E-state index is -0.466. The molecule has 0 unspecified atom stereocenters. The van der Waals surface area contributed by atoms with Gasteiger partial charge < -0.3 is 4.74 Å². The highest BCUT2D eigenvalue weighted by molar-refractivity contribution is 5.34. The van der Waals surface area contributed by atoms with E-state index in [4.69, 9.17) is 4.74 Å². The quantitative estimate of drug-likeness (QED) is 0.508. The van der Waals surface area contributed by atoms with E-state index in [1.807, 2.05) is 6.92 Å². The van der Waals surface area contributed by atoms with Crippen LogP contribution in [0.4, 0.5) is 5.69 Å². The number of hydrogen-bond acceptors (Lipinski definition) is 3. The summed E-state index contributed by atoms with van der Waals surface area (Å²) in [7, 11) is 0. The lowest BCUT2D eigenvalue weighted by Crippen LogP contribution is -1.92. The number of nitro groups is 1. The van der Waals surface area contributed by atoms with Crippen molar-refractivity contribution in [3.05, 3.63) is 34.4 Å². The van der Waals surface area contributed by atoms with E-state index < -0.39 is 4.92 Å². The van der Waals surface area contributed by atoms with Crippen LogP contribution in [0.15, 0.2) is 18.2 Å². The number of nitrogens with zero attached hydrogens (tertiary/aromatic N) is 1. The van der Waals surface area contributed by atoms with Crippen LogP contribution in [-0.2, 0) is 0 Å². The Balaban J connectivity index is 2.78. The van der Waals surface area contributed by atoms with Crippen LogP contribution in [0.1, 0.15) is 6.92 Å². The van der Waals surface area contributed by atoms with E-state index in [1.54, 1.807) is 0 Å². The Morgan fingerprint density at radius 1 is 1.67 bits per heavy atom. The van der Waals surface area contributed by atoms with Gasteiger partial charge >= 0.3 is 0 Å². The fourth-order valence-electron chi connectivity index (χ4n) is 0.761. The van der Waals surface area contributed by atoms with E-state index in [0.717, 1.165) is 0 Å². The van der Waals surface area contributed by atoms with E-state index >= 15 is 0 Å². The lowest BCUT2D eigenvalue weighted by molar-refractivity contribution is -0.384. The molecule has 0 spiro atoms. The van der Waals surface area contributed by atoms with Gasteiger partial charge in [0, 0.05) is 18.2 Å². The molecule has 0 saturated heterocycles. The average molecular weight is 166 g/mol. The summed E-state index contributed by atoms with van der Waals surface area (Å²) in [5.74, 6) is 0.531. The van der Waals surface area contributed by atoms with Gasteiger partial charge in [0.05, 0.1) is 11.5 Å². The first kappa shape index (κ1) is 8.52. The second-order valence-electron chi connectivity index (χ2n) is 2.10. The normalized spacial score (nSPS) is 9.42. The van der Waals surface area contributed by atoms with Crippen molar-refractivity contribution in [2.45, 2.75) is 6.92 Å². The maximum atomic E-state index is 10.2. The summed E-state index contributed by atoms with van der Waals surface area (Å²) in [6.45, 7) is 2.38. The molecule has 12 heavy (non-hydrogen) atoms. The van der Waals surface area contributed by atoms with Gasteiger partial charge in [0.25, 0.3) is 5.69 Å². The van der Waals surface area contributed by atoms with Gasteiger partial charge in [-0.3, -0.25) is 10.1 Å². The molecule has 0 bridgehead atoms. The summed E-state index contributed by atoms with van der Waals surface area (Å²) in [5.41, 5.74) is 0.0263. The third-order valence-electron chi connectivity index (χ3n) is 1.28. The Morgan fingerprint density at radius 2 is 2.42 bits per heavy atom. The highest BCUT2D eigenvalue weighted by atomic mass is 16.6. The number of non-ortho nitro benzene ring substituents is 1. The van der Waals surface area contributed by atoms with E-state index in [9.17, 15) is 10.1 Å². The molecule has 1 rings (SSSR count). The predicted molar refractivity (Wildman–Crippen MR) is 43.1 cm³/mol. The highest BCUT2D eigenvalue weighted by Gasteiger charge is 2.03. The average Bonchev–Trinajstić information content (AvgIpc) is 2.06. The fraction of sp³-hybridized carbons (Fsp3) is 0.250. The molecule has 0 saturated carbocycles. The van der Waals surface area contributed by atoms with Crippen molar-refractivity contribution in [1.29, 1.82) is 0 Å². The van der Waals surface area contributed by atoms with Gasteiger partial charge in [-0.1, -0.05) is 0 Å². The molecule has 0 amide bonds. The van der Waals surface area contributed by atoms with Gasteiger partial charge in [-0.15, -0.1) is 0 Å². The lowest BCUT2D eigenvalue weighted by atomic mass is 10.3. The van der Waals surface area contributed by atoms with Crippen LogP contribution >= 0.6 is 0 Å². The van der Waals surface area contributed by atoms with E-state index in [-0.39, 0.29) is 5.69 Å². The fourth-order valence-corrected chi connectivity index (χ4v) is 0.761. The summed E-state index contributed by atoms with van der Waals surface area (Å²) in [5, 5.41) is 10.2. The summed E-state index contributed by atoms with van der Waals surface area (Å²) in [4.78, 5) is 9.75. The standard InChI is InChI=1S/C8H8NO3/c1-2-12-8-5-3-7(4-6-8)9(10)11/h3-5H,2H2,1H3. The second kappa shape index (κ2) is 3.71. The molecule has 0 heterocycles. The molecule has 0 atom stereocenters. The summed E-state index contributed by atoms with van der Waals surface area (Å²) in [6.07, 6.45) is 0. The van der Waals surface area contributed by atoms with Crippen LogP contribution in [0.2, 0.25) is 0 Å².